The van der Waals surface area contributed by atoms with Crippen LogP contribution in [-0.2, 0) is 11.3 Å². The van der Waals surface area contributed by atoms with Crippen molar-refractivity contribution in [3.63, 3.8) is 0 Å². The van der Waals surface area contributed by atoms with Crippen molar-refractivity contribution < 1.29 is 9.53 Å². The zero-order valence-corrected chi connectivity index (χ0v) is 18.2. The van der Waals surface area contributed by atoms with Crippen molar-refractivity contribution in [1.82, 2.24) is 24.9 Å². The summed E-state index contributed by atoms with van der Waals surface area (Å²) < 4.78 is 5.98. The predicted octanol–water partition coefficient (Wildman–Crippen LogP) is 2.77. The van der Waals surface area contributed by atoms with Gasteiger partial charge in [-0.3, -0.25) is 14.9 Å². The van der Waals surface area contributed by atoms with Gasteiger partial charge in [0.15, 0.2) is 0 Å². The zero-order chi connectivity index (χ0) is 20.9. The Bertz CT molecular complexity index is 842. The second-order valence-electron chi connectivity index (χ2n) is 7.66. The van der Waals surface area contributed by atoms with Gasteiger partial charge in [0.2, 0.25) is 0 Å². The molecule has 3 heterocycles. The van der Waals surface area contributed by atoms with Crippen LogP contribution in [0, 0.1) is 0 Å². The number of rotatable bonds is 5. The SMILES string of the molecule is O=C(Nc1ccc(Cl)c(Cl)c1)N1CCN(C[C@H]2CN(Cc3ccn[nH]3)CCO2)CC1. The second kappa shape index (κ2) is 9.98. The van der Waals surface area contributed by atoms with E-state index in [1.807, 2.05) is 11.0 Å². The van der Waals surface area contributed by atoms with Gasteiger partial charge in [-0.2, -0.15) is 5.10 Å². The normalized spacial score (nSPS) is 21.0. The Labute approximate surface area is 186 Å². The number of amides is 2. The molecule has 0 aliphatic carbocycles. The van der Waals surface area contributed by atoms with Crippen LogP contribution in [-0.4, -0.2) is 89.5 Å². The third-order valence-electron chi connectivity index (χ3n) is 5.47. The van der Waals surface area contributed by atoms with E-state index in [9.17, 15) is 4.79 Å². The molecule has 1 aromatic carbocycles. The van der Waals surface area contributed by atoms with Crippen molar-refractivity contribution in [2.24, 2.45) is 0 Å². The molecular formula is C20H26Cl2N6O2. The van der Waals surface area contributed by atoms with Crippen LogP contribution in [0.1, 0.15) is 5.69 Å². The zero-order valence-electron chi connectivity index (χ0n) is 16.7. The number of nitrogens with one attached hydrogen (secondary N) is 2. The summed E-state index contributed by atoms with van der Waals surface area (Å²) in [4.78, 5) is 19.1. The van der Waals surface area contributed by atoms with Gasteiger partial charge in [0.1, 0.15) is 0 Å². The minimum atomic E-state index is -0.118. The van der Waals surface area contributed by atoms with Gasteiger partial charge in [-0.05, 0) is 24.3 Å². The Balaban J connectivity index is 1.21. The highest BCUT2D eigenvalue weighted by atomic mass is 35.5. The first-order chi connectivity index (χ1) is 14.6. The number of benzene rings is 1. The number of hydrogen-bond acceptors (Lipinski definition) is 5. The lowest BCUT2D eigenvalue weighted by Gasteiger charge is -2.39. The summed E-state index contributed by atoms with van der Waals surface area (Å²) in [5.41, 5.74) is 1.77. The lowest BCUT2D eigenvalue weighted by atomic mass is 10.2. The van der Waals surface area contributed by atoms with E-state index in [1.165, 1.54) is 0 Å². The predicted molar refractivity (Wildman–Crippen MR) is 117 cm³/mol. The molecule has 30 heavy (non-hydrogen) atoms. The summed E-state index contributed by atoms with van der Waals surface area (Å²) in [7, 11) is 0. The average Bonchev–Trinajstić information content (AvgIpc) is 3.24. The third-order valence-corrected chi connectivity index (χ3v) is 6.21. The number of hydrogen-bond donors (Lipinski definition) is 2. The number of anilines is 1. The molecule has 2 aliphatic rings. The molecule has 10 heteroatoms. The molecule has 1 atom stereocenters. The molecular weight excluding hydrogens is 427 g/mol. The number of morpholine rings is 1. The van der Waals surface area contributed by atoms with Gasteiger partial charge in [0.05, 0.1) is 22.8 Å². The number of halogens is 2. The summed E-state index contributed by atoms with van der Waals surface area (Å²) in [5, 5.41) is 10.8. The van der Waals surface area contributed by atoms with Crippen LogP contribution in [0.2, 0.25) is 10.0 Å². The van der Waals surface area contributed by atoms with Crippen LogP contribution in [0.25, 0.3) is 0 Å². The van der Waals surface area contributed by atoms with Crippen molar-refractivity contribution >= 4 is 34.9 Å². The minimum absolute atomic E-state index is 0.118. The molecule has 2 aliphatic heterocycles. The molecule has 2 amide bonds. The molecule has 0 unspecified atom stereocenters. The molecule has 2 aromatic rings. The fourth-order valence-corrected chi connectivity index (χ4v) is 4.14. The van der Waals surface area contributed by atoms with E-state index in [0.29, 0.717) is 28.8 Å². The lowest BCUT2D eigenvalue weighted by Crippen LogP contribution is -2.54. The average molecular weight is 453 g/mol. The van der Waals surface area contributed by atoms with Gasteiger partial charge in [0, 0.05) is 69.9 Å². The first-order valence-electron chi connectivity index (χ1n) is 10.1. The maximum Gasteiger partial charge on any atom is 0.321 e. The fourth-order valence-electron chi connectivity index (χ4n) is 3.85. The smallest absolute Gasteiger partial charge is 0.321 e. The highest BCUT2D eigenvalue weighted by molar-refractivity contribution is 6.42. The number of aromatic nitrogens is 2. The van der Waals surface area contributed by atoms with Gasteiger partial charge in [-0.25, -0.2) is 4.79 Å². The van der Waals surface area contributed by atoms with Crippen LogP contribution in [0.15, 0.2) is 30.5 Å². The molecule has 4 rings (SSSR count). The summed E-state index contributed by atoms with van der Waals surface area (Å²) in [6, 6.07) is 6.97. The van der Waals surface area contributed by atoms with Crippen LogP contribution in [0.5, 0.6) is 0 Å². The standard InChI is InChI=1S/C20H26Cl2N6O2/c21-18-2-1-15(11-19(18)22)24-20(29)28-7-5-26(6-8-28)13-17-14-27(9-10-30-17)12-16-3-4-23-25-16/h1-4,11,17H,5-10,12-14H2,(H,23,25)(H,24,29)/t17-/m0/s1. The number of H-pyrrole nitrogens is 1. The highest BCUT2D eigenvalue weighted by Crippen LogP contribution is 2.25. The van der Waals surface area contributed by atoms with E-state index in [1.54, 1.807) is 24.4 Å². The highest BCUT2D eigenvalue weighted by Gasteiger charge is 2.26. The molecule has 0 saturated carbocycles. The van der Waals surface area contributed by atoms with Crippen molar-refractivity contribution in [1.29, 1.82) is 0 Å². The number of nitrogens with zero attached hydrogens (tertiary/aromatic N) is 4. The molecule has 0 radical (unpaired) electrons. The van der Waals surface area contributed by atoms with Crippen LogP contribution < -0.4 is 5.32 Å². The van der Waals surface area contributed by atoms with E-state index < -0.39 is 0 Å². The Morgan fingerprint density at radius 3 is 2.70 bits per heavy atom. The van der Waals surface area contributed by atoms with Gasteiger partial charge in [-0.1, -0.05) is 23.2 Å². The Kier molecular flexibility index (Phi) is 7.12. The Morgan fingerprint density at radius 1 is 1.13 bits per heavy atom. The van der Waals surface area contributed by atoms with Gasteiger partial charge < -0.3 is 15.0 Å². The summed E-state index contributed by atoms with van der Waals surface area (Å²) in [6.45, 7) is 7.32. The van der Waals surface area contributed by atoms with Crippen molar-refractivity contribution in [2.75, 3.05) is 57.7 Å². The molecule has 0 spiro atoms. The third kappa shape index (κ3) is 5.65. The van der Waals surface area contributed by atoms with Crippen LogP contribution in [0.4, 0.5) is 10.5 Å². The Hall–Kier alpha value is -1.84. The summed E-state index contributed by atoms with van der Waals surface area (Å²) in [6.07, 6.45) is 1.96. The van der Waals surface area contributed by atoms with E-state index in [-0.39, 0.29) is 12.1 Å². The van der Waals surface area contributed by atoms with E-state index in [4.69, 9.17) is 27.9 Å². The van der Waals surface area contributed by atoms with Crippen LogP contribution >= 0.6 is 23.2 Å². The second-order valence-corrected chi connectivity index (χ2v) is 8.47. The number of aromatic amines is 1. The van der Waals surface area contributed by atoms with Crippen LogP contribution in [0.3, 0.4) is 0 Å². The number of carbonyl (C=O) groups is 1. The number of carbonyl (C=O) groups excluding carboxylic acids is 1. The van der Waals surface area contributed by atoms with Crippen molar-refractivity contribution in [3.8, 4) is 0 Å². The molecule has 2 saturated heterocycles. The molecule has 162 valence electrons. The topological polar surface area (TPSA) is 76.7 Å². The van der Waals surface area contributed by atoms with Gasteiger partial charge in [0.25, 0.3) is 0 Å². The van der Waals surface area contributed by atoms with Crippen molar-refractivity contribution in [3.05, 3.63) is 46.2 Å². The van der Waals surface area contributed by atoms with Crippen molar-refractivity contribution in [2.45, 2.75) is 12.6 Å². The summed E-state index contributed by atoms with van der Waals surface area (Å²) in [5.74, 6) is 0. The Morgan fingerprint density at radius 2 is 1.97 bits per heavy atom. The lowest BCUT2D eigenvalue weighted by molar-refractivity contribution is -0.0495. The van der Waals surface area contributed by atoms with Gasteiger partial charge in [-0.15, -0.1) is 0 Å². The molecule has 2 N–H and O–H groups in total. The molecule has 8 nitrogen and oxygen atoms in total. The van der Waals surface area contributed by atoms with E-state index in [0.717, 1.165) is 51.6 Å². The molecule has 1 aromatic heterocycles. The fraction of sp³-hybridized carbons (Fsp3) is 0.500. The maximum absolute atomic E-state index is 12.5. The monoisotopic (exact) mass is 452 g/mol. The van der Waals surface area contributed by atoms with E-state index >= 15 is 0 Å². The minimum Gasteiger partial charge on any atom is -0.374 e. The molecule has 2 fully saturated rings. The summed E-state index contributed by atoms with van der Waals surface area (Å²) >= 11 is 11.9. The number of ether oxygens (including phenoxy) is 1. The number of piperazine rings is 1. The van der Waals surface area contributed by atoms with Gasteiger partial charge >= 0.3 is 6.03 Å². The first-order valence-corrected chi connectivity index (χ1v) is 10.9. The number of urea groups is 1. The molecule has 0 bridgehead atoms. The maximum atomic E-state index is 12.5. The first kappa shape index (κ1) is 21.4. The largest absolute Gasteiger partial charge is 0.374 e. The van der Waals surface area contributed by atoms with E-state index in [2.05, 4.69) is 25.3 Å². The quantitative estimate of drug-likeness (QED) is 0.728.